The van der Waals surface area contributed by atoms with E-state index in [4.69, 9.17) is 22.4 Å². The molecule has 4 unspecified atom stereocenters. The van der Waals surface area contributed by atoms with Crippen LogP contribution in [0.4, 0.5) is 0 Å². The Balaban J connectivity index is 2.46. The van der Waals surface area contributed by atoms with Crippen molar-refractivity contribution in [2.75, 3.05) is 6.61 Å². The van der Waals surface area contributed by atoms with E-state index in [2.05, 4.69) is 83.5 Å². The molecule has 0 bridgehead atoms. The Hall–Kier alpha value is -0.612. The molecule has 0 saturated carbocycles. The molecule has 33 heavy (non-hydrogen) atoms. The van der Waals surface area contributed by atoms with Crippen LogP contribution < -0.4 is 10.1 Å². The van der Waals surface area contributed by atoms with Crippen molar-refractivity contribution >= 4 is 33.3 Å². The Morgan fingerprint density at radius 2 is 1.39 bits per heavy atom. The highest BCUT2D eigenvalue weighted by molar-refractivity contribution is 6.71. The van der Waals surface area contributed by atoms with Crippen molar-refractivity contribution < 1.29 is 22.4 Å². The van der Waals surface area contributed by atoms with E-state index in [1.54, 1.807) is 12.3 Å². The van der Waals surface area contributed by atoms with Gasteiger partial charge in [0.2, 0.25) is 14.2 Å². The lowest BCUT2D eigenvalue weighted by molar-refractivity contribution is -0.0497. The van der Waals surface area contributed by atoms with E-state index in [9.17, 15) is 4.79 Å². The quantitative estimate of drug-likeness (QED) is 0.406. The number of nitrogens with zero attached hydrogens (tertiary/aromatic N) is 2. The van der Waals surface area contributed by atoms with E-state index in [1.165, 1.54) is 4.57 Å². The second-order valence-corrected chi connectivity index (χ2v) is 30.4. The largest absolute Gasteiger partial charge is 0.531 e. The molecule has 0 aromatic carbocycles. The molecule has 2 rings (SSSR count). The molecule has 0 amide bonds. The van der Waals surface area contributed by atoms with Crippen molar-refractivity contribution in [3.63, 3.8) is 0 Å². The lowest BCUT2D eigenvalue weighted by atomic mass is 10.1. The second kappa shape index (κ2) is 10.2. The molecule has 1 aliphatic heterocycles. The van der Waals surface area contributed by atoms with Gasteiger partial charge in [0.25, 0.3) is 0 Å². The van der Waals surface area contributed by atoms with Crippen LogP contribution in [0.5, 0.6) is 5.88 Å². The summed E-state index contributed by atoms with van der Waals surface area (Å²) in [4.78, 5) is 17.2. The van der Waals surface area contributed by atoms with Gasteiger partial charge in [0.15, 0.2) is 31.2 Å². The second-order valence-electron chi connectivity index (χ2n) is 12.5. The van der Waals surface area contributed by atoms with Gasteiger partial charge in [-0.2, -0.15) is 4.98 Å². The lowest BCUT2D eigenvalue weighted by Gasteiger charge is -2.34. The smallest absolute Gasteiger partial charge is 0.353 e. The third-order valence-corrected chi connectivity index (χ3v) is 8.25. The molecule has 1 fully saturated rings. The third-order valence-electron chi connectivity index (χ3n) is 4.43. The van der Waals surface area contributed by atoms with E-state index in [-0.39, 0.29) is 12.2 Å². The summed E-state index contributed by atoms with van der Waals surface area (Å²) in [6.07, 6.45) is -0.0334. The average molecular weight is 533 g/mol. The fourth-order valence-corrected chi connectivity index (χ4v) is 7.02. The summed E-state index contributed by atoms with van der Waals surface area (Å²) in [7, 11) is -7.59. The summed E-state index contributed by atoms with van der Waals surface area (Å²) in [5.41, 5.74) is -0.418. The summed E-state index contributed by atoms with van der Waals surface area (Å²) in [6, 6.07) is 1.73. The molecule has 0 radical (unpaired) electrons. The topological polar surface area (TPSA) is 81.0 Å². The van der Waals surface area contributed by atoms with E-state index in [0.29, 0.717) is 12.5 Å². The molecule has 0 aliphatic carbocycles. The predicted molar refractivity (Wildman–Crippen MR) is 142 cm³/mol. The van der Waals surface area contributed by atoms with Gasteiger partial charge in [-0.1, -0.05) is 0 Å². The number of ether oxygens (including phenoxy) is 1. The van der Waals surface area contributed by atoms with Crippen LogP contribution in [0.3, 0.4) is 0 Å². The molecule has 8 nitrogen and oxygen atoms in total. The minimum Gasteiger partial charge on any atom is -0.531 e. The van der Waals surface area contributed by atoms with Crippen LogP contribution in [0.1, 0.15) is 6.23 Å². The molecular formula is C21H44N2O6Si4. The average Bonchev–Trinajstić information content (AvgIpc) is 2.85. The molecule has 2 heterocycles. The highest BCUT2D eigenvalue weighted by Gasteiger charge is 2.50. The van der Waals surface area contributed by atoms with E-state index >= 15 is 0 Å². The van der Waals surface area contributed by atoms with Gasteiger partial charge >= 0.3 is 5.69 Å². The van der Waals surface area contributed by atoms with Crippen LogP contribution in [-0.2, 0) is 18.0 Å². The van der Waals surface area contributed by atoms with Gasteiger partial charge in [0.1, 0.15) is 18.3 Å². The Kier molecular flexibility index (Phi) is 8.82. The van der Waals surface area contributed by atoms with Crippen LogP contribution in [0.25, 0.3) is 0 Å². The predicted octanol–water partition coefficient (Wildman–Crippen LogP) is 4.65. The number of hydrogen-bond acceptors (Lipinski definition) is 7. The standard InChI is InChI=1S/C21H44N2O6Si4/c1-30(2,3)25-15-16-18(28-32(7,8)9)19(29-33(10,11)12)20(26-16)23-14-13-17(22-21(23)24)27-31(4,5)6/h13-14,16,18-20H,15H2,1-12H3. The Bertz CT molecular complexity index is 855. The van der Waals surface area contributed by atoms with E-state index < -0.39 is 51.3 Å². The summed E-state index contributed by atoms with van der Waals surface area (Å²) in [5, 5.41) is 0. The van der Waals surface area contributed by atoms with E-state index in [0.717, 1.165) is 0 Å². The van der Waals surface area contributed by atoms with Gasteiger partial charge in [0.05, 0.1) is 6.61 Å². The monoisotopic (exact) mass is 532 g/mol. The number of aromatic nitrogens is 2. The number of hydrogen-bond donors (Lipinski definition) is 0. The van der Waals surface area contributed by atoms with Gasteiger partial charge in [-0.3, -0.25) is 4.57 Å². The maximum atomic E-state index is 13.0. The van der Waals surface area contributed by atoms with Crippen LogP contribution in [-0.4, -0.2) is 67.7 Å². The Morgan fingerprint density at radius 3 is 1.85 bits per heavy atom. The van der Waals surface area contributed by atoms with Crippen molar-refractivity contribution in [3.05, 3.63) is 22.7 Å². The zero-order valence-corrected chi connectivity index (χ0v) is 26.5. The number of rotatable bonds is 10. The molecule has 4 atom stereocenters. The van der Waals surface area contributed by atoms with Crippen molar-refractivity contribution in [1.82, 2.24) is 9.55 Å². The first kappa shape index (κ1) is 28.6. The van der Waals surface area contributed by atoms with Gasteiger partial charge in [0, 0.05) is 12.3 Å². The van der Waals surface area contributed by atoms with Crippen LogP contribution in [0.15, 0.2) is 17.1 Å². The fourth-order valence-electron chi connectivity index (χ4n) is 3.44. The Morgan fingerprint density at radius 1 is 0.848 bits per heavy atom. The molecule has 1 aliphatic rings. The summed E-state index contributed by atoms with van der Waals surface area (Å²) in [6.45, 7) is 25.9. The zero-order chi connectivity index (χ0) is 25.4. The molecule has 1 saturated heterocycles. The molecule has 12 heteroatoms. The molecule has 1 aromatic rings. The first-order valence-corrected chi connectivity index (χ1v) is 25.3. The first-order valence-electron chi connectivity index (χ1n) is 11.7. The van der Waals surface area contributed by atoms with Crippen molar-refractivity contribution in [1.29, 1.82) is 0 Å². The van der Waals surface area contributed by atoms with E-state index in [1.807, 2.05) is 0 Å². The van der Waals surface area contributed by atoms with Crippen molar-refractivity contribution in [3.8, 4) is 5.88 Å². The van der Waals surface area contributed by atoms with Crippen molar-refractivity contribution in [2.24, 2.45) is 0 Å². The first-order chi connectivity index (χ1) is 14.7. The van der Waals surface area contributed by atoms with Crippen LogP contribution >= 0.6 is 0 Å². The minimum absolute atomic E-state index is 0.324. The van der Waals surface area contributed by atoms with Gasteiger partial charge < -0.3 is 22.4 Å². The molecule has 1 aromatic heterocycles. The third kappa shape index (κ3) is 9.51. The van der Waals surface area contributed by atoms with Gasteiger partial charge in [-0.05, 0) is 78.6 Å². The maximum absolute atomic E-state index is 13.0. The zero-order valence-electron chi connectivity index (χ0n) is 22.5. The molecular weight excluding hydrogens is 489 g/mol. The maximum Gasteiger partial charge on any atom is 0.353 e. The fraction of sp³-hybridized carbons (Fsp3) is 0.810. The van der Waals surface area contributed by atoms with Crippen LogP contribution in [0.2, 0.25) is 78.6 Å². The highest BCUT2D eigenvalue weighted by Crippen LogP contribution is 2.37. The molecule has 0 spiro atoms. The Labute approximate surface area is 203 Å². The lowest BCUT2D eigenvalue weighted by Crippen LogP contribution is -2.49. The summed E-state index contributed by atoms with van der Waals surface area (Å²) >= 11 is 0. The van der Waals surface area contributed by atoms with Crippen molar-refractivity contribution in [2.45, 2.75) is 103 Å². The van der Waals surface area contributed by atoms with Gasteiger partial charge in [-0.15, -0.1) is 0 Å². The van der Waals surface area contributed by atoms with Crippen LogP contribution in [0, 0.1) is 0 Å². The normalized spacial score (nSPS) is 24.8. The molecule has 0 N–H and O–H groups in total. The summed E-state index contributed by atoms with van der Waals surface area (Å²) < 4.78 is 33.3. The minimum atomic E-state index is -1.99. The SMILES string of the molecule is C[Si](C)(C)OCC1OC(n2ccc(O[Si](C)(C)C)nc2=O)C(O[Si](C)(C)C)C1O[Si](C)(C)C. The van der Waals surface area contributed by atoms with Gasteiger partial charge in [-0.25, -0.2) is 4.79 Å². The molecule has 190 valence electrons. The highest BCUT2D eigenvalue weighted by atomic mass is 28.4. The summed E-state index contributed by atoms with van der Waals surface area (Å²) in [5.74, 6) is 0.351.